The molecule has 4 fully saturated rings. The Kier molecular flexibility index (Phi) is 4.64. The van der Waals surface area contributed by atoms with Crippen LogP contribution in [0, 0.1) is 5.92 Å². The first-order valence-corrected chi connectivity index (χ1v) is 9.93. The number of ether oxygens (including phenoxy) is 1. The summed E-state index contributed by atoms with van der Waals surface area (Å²) >= 11 is 0. The van der Waals surface area contributed by atoms with Gasteiger partial charge in [0.15, 0.2) is 0 Å². The van der Waals surface area contributed by atoms with Crippen LogP contribution < -0.4 is 5.32 Å². The van der Waals surface area contributed by atoms with E-state index in [0.717, 1.165) is 45.3 Å². The Bertz CT molecular complexity index is 421. The first kappa shape index (κ1) is 15.9. The molecule has 4 rings (SSSR count). The zero-order valence-corrected chi connectivity index (χ0v) is 14.4. The molecule has 2 saturated heterocycles. The molecule has 0 aromatic carbocycles. The van der Waals surface area contributed by atoms with Gasteiger partial charge in [-0.1, -0.05) is 19.3 Å². The van der Waals surface area contributed by atoms with E-state index in [2.05, 4.69) is 10.2 Å². The van der Waals surface area contributed by atoms with Gasteiger partial charge in [-0.2, -0.15) is 0 Å². The van der Waals surface area contributed by atoms with Crippen molar-refractivity contribution < 1.29 is 9.53 Å². The molecular weight excluding hydrogens is 288 g/mol. The summed E-state index contributed by atoms with van der Waals surface area (Å²) in [6.45, 7) is 3.33. The van der Waals surface area contributed by atoms with Gasteiger partial charge in [-0.15, -0.1) is 0 Å². The smallest absolute Gasteiger partial charge is 0.223 e. The number of likely N-dealkylation sites (tertiary alicyclic amines) is 1. The number of amides is 1. The second kappa shape index (κ2) is 6.72. The monoisotopic (exact) mass is 320 g/mol. The van der Waals surface area contributed by atoms with Gasteiger partial charge < -0.3 is 15.0 Å². The number of carbonyl (C=O) groups excluding carboxylic acids is 1. The molecule has 2 aliphatic heterocycles. The number of hydrogen-bond donors (Lipinski definition) is 1. The fourth-order valence-electron chi connectivity index (χ4n) is 4.80. The van der Waals surface area contributed by atoms with Gasteiger partial charge in [0.05, 0.1) is 11.7 Å². The average Bonchev–Trinajstić information content (AvgIpc) is 3.35. The van der Waals surface area contributed by atoms with E-state index in [0.29, 0.717) is 24.0 Å². The lowest BCUT2D eigenvalue weighted by atomic mass is 9.83. The van der Waals surface area contributed by atoms with E-state index in [1.807, 2.05) is 0 Å². The Morgan fingerprint density at radius 2 is 1.74 bits per heavy atom. The zero-order valence-electron chi connectivity index (χ0n) is 14.4. The second-order valence-electron chi connectivity index (χ2n) is 8.38. The highest BCUT2D eigenvalue weighted by Gasteiger charge is 2.41. The minimum absolute atomic E-state index is 0.249. The van der Waals surface area contributed by atoms with Crippen molar-refractivity contribution in [3.63, 3.8) is 0 Å². The molecule has 130 valence electrons. The van der Waals surface area contributed by atoms with Crippen LogP contribution >= 0.6 is 0 Å². The summed E-state index contributed by atoms with van der Waals surface area (Å²) < 4.78 is 6.51. The van der Waals surface area contributed by atoms with Crippen LogP contribution in [-0.4, -0.2) is 48.2 Å². The second-order valence-corrected chi connectivity index (χ2v) is 8.38. The van der Waals surface area contributed by atoms with E-state index >= 15 is 0 Å². The molecule has 0 aromatic heterocycles. The summed E-state index contributed by atoms with van der Waals surface area (Å²) in [7, 11) is 0. The standard InChI is InChI=1S/C19H32N2O2/c22-18(15-4-5-15)20-16-7-12-21(13-8-16)14-17-6-11-19(23-17)9-2-1-3-10-19/h15-17H,1-14H2,(H,20,22). The number of nitrogens with one attached hydrogen (secondary N) is 1. The maximum atomic E-state index is 11.9. The third kappa shape index (κ3) is 3.90. The maximum Gasteiger partial charge on any atom is 0.223 e. The molecule has 4 nitrogen and oxygen atoms in total. The predicted molar refractivity (Wildman–Crippen MR) is 90.3 cm³/mol. The molecule has 0 radical (unpaired) electrons. The van der Waals surface area contributed by atoms with E-state index in [4.69, 9.17) is 4.74 Å². The van der Waals surface area contributed by atoms with Crippen molar-refractivity contribution in [2.45, 2.75) is 88.4 Å². The van der Waals surface area contributed by atoms with Crippen LogP contribution in [0.3, 0.4) is 0 Å². The van der Waals surface area contributed by atoms with Gasteiger partial charge in [-0.3, -0.25) is 4.79 Å². The summed E-state index contributed by atoms with van der Waals surface area (Å²) in [5.41, 5.74) is 0.249. The molecule has 2 heterocycles. The molecular formula is C19H32N2O2. The zero-order chi connectivity index (χ0) is 15.7. The van der Waals surface area contributed by atoms with Crippen molar-refractivity contribution in [2.75, 3.05) is 19.6 Å². The fraction of sp³-hybridized carbons (Fsp3) is 0.947. The van der Waals surface area contributed by atoms with Crippen molar-refractivity contribution in [1.29, 1.82) is 0 Å². The molecule has 1 unspecified atom stereocenters. The third-order valence-electron chi connectivity index (χ3n) is 6.45. The van der Waals surface area contributed by atoms with Gasteiger partial charge >= 0.3 is 0 Å². The van der Waals surface area contributed by atoms with Crippen LogP contribution in [0.15, 0.2) is 0 Å². The molecule has 4 aliphatic rings. The lowest BCUT2D eigenvalue weighted by Crippen LogP contribution is -2.47. The lowest BCUT2D eigenvalue weighted by molar-refractivity contribution is -0.123. The van der Waals surface area contributed by atoms with Crippen LogP contribution in [-0.2, 0) is 9.53 Å². The van der Waals surface area contributed by atoms with Gasteiger partial charge in [-0.05, 0) is 51.4 Å². The molecule has 4 heteroatoms. The van der Waals surface area contributed by atoms with Gasteiger partial charge in [0, 0.05) is 31.6 Å². The molecule has 23 heavy (non-hydrogen) atoms. The maximum absolute atomic E-state index is 11.9. The van der Waals surface area contributed by atoms with E-state index < -0.39 is 0 Å². The minimum atomic E-state index is 0.249. The van der Waals surface area contributed by atoms with Gasteiger partial charge in [-0.25, -0.2) is 0 Å². The Labute approximate surface area is 140 Å². The Hall–Kier alpha value is -0.610. The Balaban J connectivity index is 1.18. The highest BCUT2D eigenvalue weighted by molar-refractivity contribution is 5.81. The van der Waals surface area contributed by atoms with E-state index in [9.17, 15) is 4.79 Å². The number of carbonyl (C=O) groups is 1. The average molecular weight is 320 g/mol. The number of rotatable bonds is 4. The first-order chi connectivity index (χ1) is 11.2. The lowest BCUT2D eigenvalue weighted by Gasteiger charge is -2.36. The molecule has 1 N–H and O–H groups in total. The summed E-state index contributed by atoms with van der Waals surface area (Å²) in [4.78, 5) is 14.4. The summed E-state index contributed by atoms with van der Waals surface area (Å²) in [6, 6.07) is 0.411. The highest BCUT2D eigenvalue weighted by atomic mass is 16.5. The third-order valence-corrected chi connectivity index (χ3v) is 6.45. The van der Waals surface area contributed by atoms with Crippen LogP contribution in [0.5, 0.6) is 0 Å². The van der Waals surface area contributed by atoms with Crippen molar-refractivity contribution >= 4 is 5.91 Å². The largest absolute Gasteiger partial charge is 0.370 e. The van der Waals surface area contributed by atoms with Gasteiger partial charge in [0.25, 0.3) is 0 Å². The molecule has 1 spiro atoms. The summed E-state index contributed by atoms with van der Waals surface area (Å²) in [5, 5.41) is 3.24. The van der Waals surface area contributed by atoms with Crippen LogP contribution in [0.25, 0.3) is 0 Å². The molecule has 1 atom stereocenters. The van der Waals surface area contributed by atoms with Crippen LogP contribution in [0.2, 0.25) is 0 Å². The van der Waals surface area contributed by atoms with E-state index in [1.54, 1.807) is 0 Å². The summed E-state index contributed by atoms with van der Waals surface area (Å²) in [6.07, 6.45) is 14.1. The molecule has 2 aliphatic carbocycles. The molecule has 1 amide bonds. The summed E-state index contributed by atoms with van der Waals surface area (Å²) in [5.74, 6) is 0.647. The Morgan fingerprint density at radius 3 is 2.43 bits per heavy atom. The Morgan fingerprint density at radius 1 is 1.00 bits per heavy atom. The normalized spacial score (nSPS) is 32.3. The van der Waals surface area contributed by atoms with Crippen molar-refractivity contribution in [1.82, 2.24) is 10.2 Å². The molecule has 0 aromatic rings. The minimum Gasteiger partial charge on any atom is -0.370 e. The van der Waals surface area contributed by atoms with Crippen LogP contribution in [0.1, 0.15) is 70.6 Å². The topological polar surface area (TPSA) is 41.6 Å². The molecule has 0 bridgehead atoms. The van der Waals surface area contributed by atoms with Crippen molar-refractivity contribution in [3.8, 4) is 0 Å². The van der Waals surface area contributed by atoms with E-state index in [1.165, 1.54) is 44.9 Å². The SMILES string of the molecule is O=C(NC1CCN(CC2CCC3(CCCCC3)O2)CC1)C1CC1. The van der Waals surface area contributed by atoms with Crippen molar-refractivity contribution in [3.05, 3.63) is 0 Å². The first-order valence-electron chi connectivity index (χ1n) is 9.93. The van der Waals surface area contributed by atoms with Crippen LogP contribution in [0.4, 0.5) is 0 Å². The fourth-order valence-corrected chi connectivity index (χ4v) is 4.80. The number of hydrogen-bond acceptors (Lipinski definition) is 3. The highest BCUT2D eigenvalue weighted by Crippen LogP contribution is 2.42. The molecule has 2 saturated carbocycles. The van der Waals surface area contributed by atoms with Gasteiger partial charge in [0.1, 0.15) is 0 Å². The number of piperidine rings is 1. The number of nitrogens with zero attached hydrogens (tertiary/aromatic N) is 1. The van der Waals surface area contributed by atoms with E-state index in [-0.39, 0.29) is 5.60 Å². The van der Waals surface area contributed by atoms with Crippen molar-refractivity contribution in [2.24, 2.45) is 5.92 Å². The predicted octanol–water partition coefficient (Wildman–Crippen LogP) is 2.86. The van der Waals surface area contributed by atoms with Gasteiger partial charge in [0.2, 0.25) is 5.91 Å². The quantitative estimate of drug-likeness (QED) is 0.866.